The van der Waals surface area contributed by atoms with Crippen molar-refractivity contribution in [1.82, 2.24) is 16.0 Å². The molecule has 0 radical (unpaired) electrons. The van der Waals surface area contributed by atoms with E-state index in [1.807, 2.05) is 20.8 Å². The number of rotatable bonds is 6. The fourth-order valence-corrected chi connectivity index (χ4v) is 2.03. The minimum Gasteiger partial charge on any atom is -0.356 e. The second kappa shape index (κ2) is 9.45. The highest BCUT2D eigenvalue weighted by atomic mass is 19.4. The quantitative estimate of drug-likeness (QED) is 0.409. The van der Waals surface area contributed by atoms with Crippen LogP contribution in [0.15, 0.2) is 29.3 Å². The molecule has 0 aliphatic carbocycles. The molecule has 0 aliphatic rings. The maximum atomic E-state index is 12.5. The topological polar surface area (TPSA) is 65.5 Å². The average Bonchev–Trinajstić information content (AvgIpc) is 2.55. The summed E-state index contributed by atoms with van der Waals surface area (Å²) in [6, 6.07) is 5.12. The van der Waals surface area contributed by atoms with Crippen molar-refractivity contribution in [2.45, 2.75) is 33.4 Å². The van der Waals surface area contributed by atoms with Gasteiger partial charge in [0.25, 0.3) is 0 Å². The van der Waals surface area contributed by atoms with Gasteiger partial charge in [0.15, 0.2) is 5.96 Å². The van der Waals surface area contributed by atoms with Crippen LogP contribution in [0.2, 0.25) is 0 Å². The SMILES string of the molecule is CN=C(NCCNC(=O)C(C)(C)C)NCCc1ccc(C(F)(F)F)cc1. The van der Waals surface area contributed by atoms with E-state index in [2.05, 4.69) is 20.9 Å². The molecule has 146 valence electrons. The largest absolute Gasteiger partial charge is 0.416 e. The number of aliphatic imine (C=N–C) groups is 1. The molecule has 1 amide bonds. The third-order valence-electron chi connectivity index (χ3n) is 3.60. The van der Waals surface area contributed by atoms with E-state index in [-0.39, 0.29) is 5.91 Å². The van der Waals surface area contributed by atoms with Gasteiger partial charge in [0.1, 0.15) is 0 Å². The summed E-state index contributed by atoms with van der Waals surface area (Å²) in [6.45, 7) is 7.04. The molecule has 0 heterocycles. The Labute approximate surface area is 152 Å². The van der Waals surface area contributed by atoms with Crippen LogP contribution in [0, 0.1) is 5.41 Å². The highest BCUT2D eigenvalue weighted by Gasteiger charge is 2.29. The Morgan fingerprint density at radius 1 is 0.962 bits per heavy atom. The van der Waals surface area contributed by atoms with Gasteiger partial charge in [-0.2, -0.15) is 13.2 Å². The molecule has 0 bridgehead atoms. The van der Waals surface area contributed by atoms with Gasteiger partial charge in [-0.25, -0.2) is 0 Å². The summed E-state index contributed by atoms with van der Waals surface area (Å²) in [6.07, 6.45) is -3.75. The predicted octanol–water partition coefficient (Wildman–Crippen LogP) is 2.58. The van der Waals surface area contributed by atoms with E-state index in [1.165, 1.54) is 12.1 Å². The lowest BCUT2D eigenvalue weighted by atomic mass is 9.96. The highest BCUT2D eigenvalue weighted by Crippen LogP contribution is 2.29. The van der Waals surface area contributed by atoms with Crippen molar-refractivity contribution in [2.75, 3.05) is 26.7 Å². The number of guanidine groups is 1. The number of amides is 1. The third kappa shape index (κ3) is 7.76. The lowest BCUT2D eigenvalue weighted by Crippen LogP contribution is -2.43. The van der Waals surface area contributed by atoms with Crippen LogP contribution in [0.1, 0.15) is 31.9 Å². The van der Waals surface area contributed by atoms with Gasteiger partial charge in [0.05, 0.1) is 5.56 Å². The molecule has 0 atom stereocenters. The summed E-state index contributed by atoms with van der Waals surface area (Å²) in [7, 11) is 1.63. The van der Waals surface area contributed by atoms with E-state index in [0.29, 0.717) is 32.0 Å². The van der Waals surface area contributed by atoms with Crippen LogP contribution in [-0.4, -0.2) is 38.5 Å². The van der Waals surface area contributed by atoms with Crippen molar-refractivity contribution in [3.8, 4) is 0 Å². The number of hydrogen-bond acceptors (Lipinski definition) is 2. The normalized spacial score (nSPS) is 12.7. The van der Waals surface area contributed by atoms with E-state index < -0.39 is 17.2 Å². The minimum atomic E-state index is -4.31. The molecule has 0 unspecified atom stereocenters. The molecule has 0 saturated carbocycles. The number of carbonyl (C=O) groups is 1. The fraction of sp³-hybridized carbons (Fsp3) is 0.556. The van der Waals surface area contributed by atoms with Gasteiger partial charge in [-0.05, 0) is 24.1 Å². The highest BCUT2D eigenvalue weighted by molar-refractivity contribution is 5.81. The van der Waals surface area contributed by atoms with Crippen molar-refractivity contribution in [3.63, 3.8) is 0 Å². The van der Waals surface area contributed by atoms with E-state index in [0.717, 1.165) is 17.7 Å². The number of alkyl halides is 3. The van der Waals surface area contributed by atoms with E-state index in [1.54, 1.807) is 7.05 Å². The molecular formula is C18H27F3N4O. The summed E-state index contributed by atoms with van der Waals surface area (Å²) >= 11 is 0. The lowest BCUT2D eigenvalue weighted by Gasteiger charge is -2.18. The summed E-state index contributed by atoms with van der Waals surface area (Å²) in [5, 5.41) is 8.98. The van der Waals surface area contributed by atoms with Crippen molar-refractivity contribution < 1.29 is 18.0 Å². The van der Waals surface area contributed by atoms with Gasteiger partial charge in [0.2, 0.25) is 5.91 Å². The van der Waals surface area contributed by atoms with Crippen molar-refractivity contribution in [2.24, 2.45) is 10.4 Å². The first-order valence-electron chi connectivity index (χ1n) is 8.43. The average molecular weight is 372 g/mol. The summed E-state index contributed by atoms with van der Waals surface area (Å²) in [4.78, 5) is 15.8. The van der Waals surface area contributed by atoms with Gasteiger partial charge >= 0.3 is 6.18 Å². The fourth-order valence-electron chi connectivity index (χ4n) is 2.03. The van der Waals surface area contributed by atoms with Crippen molar-refractivity contribution in [1.29, 1.82) is 0 Å². The van der Waals surface area contributed by atoms with Crippen LogP contribution < -0.4 is 16.0 Å². The van der Waals surface area contributed by atoms with Gasteiger partial charge in [0, 0.05) is 32.1 Å². The first kappa shape index (κ1) is 21.8. The molecule has 0 saturated heterocycles. The Kier molecular flexibility index (Phi) is 7.92. The number of nitrogens with zero attached hydrogens (tertiary/aromatic N) is 1. The number of halogens is 3. The summed E-state index contributed by atoms with van der Waals surface area (Å²) < 4.78 is 37.6. The molecule has 1 rings (SSSR count). The standard InChI is InChI=1S/C18H27F3N4O/c1-17(2,3)15(26)23-11-12-25-16(22-4)24-10-9-13-5-7-14(8-6-13)18(19,20)21/h5-8H,9-12H2,1-4H3,(H,23,26)(H2,22,24,25). The zero-order valence-electron chi connectivity index (χ0n) is 15.6. The zero-order valence-corrected chi connectivity index (χ0v) is 15.6. The lowest BCUT2D eigenvalue weighted by molar-refractivity contribution is -0.137. The van der Waals surface area contributed by atoms with Gasteiger partial charge in [-0.1, -0.05) is 32.9 Å². The Hall–Kier alpha value is -2.25. The molecule has 8 heteroatoms. The molecule has 1 aromatic rings. The monoisotopic (exact) mass is 372 g/mol. The molecule has 26 heavy (non-hydrogen) atoms. The molecule has 0 spiro atoms. The second-order valence-electron chi connectivity index (χ2n) is 6.88. The van der Waals surface area contributed by atoms with Crippen LogP contribution >= 0.6 is 0 Å². The Morgan fingerprint density at radius 3 is 2.00 bits per heavy atom. The van der Waals surface area contributed by atoms with E-state index >= 15 is 0 Å². The van der Waals surface area contributed by atoms with Crippen LogP contribution in [0.25, 0.3) is 0 Å². The van der Waals surface area contributed by atoms with Gasteiger partial charge in [-0.3, -0.25) is 9.79 Å². The second-order valence-corrected chi connectivity index (χ2v) is 6.88. The van der Waals surface area contributed by atoms with E-state index in [9.17, 15) is 18.0 Å². The van der Waals surface area contributed by atoms with Gasteiger partial charge < -0.3 is 16.0 Å². The summed E-state index contributed by atoms with van der Waals surface area (Å²) in [5.74, 6) is 0.548. The van der Waals surface area contributed by atoms with Gasteiger partial charge in [-0.15, -0.1) is 0 Å². The smallest absolute Gasteiger partial charge is 0.356 e. The molecule has 0 aliphatic heterocycles. The van der Waals surface area contributed by atoms with Crippen molar-refractivity contribution in [3.05, 3.63) is 35.4 Å². The first-order valence-corrected chi connectivity index (χ1v) is 8.43. The summed E-state index contributed by atoms with van der Waals surface area (Å²) in [5.41, 5.74) is -0.274. The molecule has 5 nitrogen and oxygen atoms in total. The molecule has 0 aromatic heterocycles. The maximum Gasteiger partial charge on any atom is 0.416 e. The zero-order chi connectivity index (χ0) is 19.8. The Bertz CT molecular complexity index is 604. The molecule has 3 N–H and O–H groups in total. The third-order valence-corrected chi connectivity index (χ3v) is 3.60. The van der Waals surface area contributed by atoms with Crippen LogP contribution in [-0.2, 0) is 17.4 Å². The Morgan fingerprint density at radius 2 is 1.50 bits per heavy atom. The molecule has 1 aromatic carbocycles. The van der Waals surface area contributed by atoms with E-state index in [4.69, 9.17) is 0 Å². The number of nitrogens with one attached hydrogen (secondary N) is 3. The Balaban J connectivity index is 2.31. The van der Waals surface area contributed by atoms with Crippen LogP contribution in [0.5, 0.6) is 0 Å². The molecular weight excluding hydrogens is 345 g/mol. The van der Waals surface area contributed by atoms with Crippen LogP contribution in [0.4, 0.5) is 13.2 Å². The maximum absolute atomic E-state index is 12.5. The molecule has 0 fully saturated rings. The van der Waals surface area contributed by atoms with Crippen molar-refractivity contribution >= 4 is 11.9 Å². The number of benzene rings is 1. The predicted molar refractivity (Wildman–Crippen MR) is 97.0 cm³/mol. The van der Waals surface area contributed by atoms with Crippen LogP contribution in [0.3, 0.4) is 0 Å². The first-order chi connectivity index (χ1) is 12.0. The number of carbonyl (C=O) groups excluding carboxylic acids is 1. The minimum absolute atomic E-state index is 0.0236. The number of hydrogen-bond donors (Lipinski definition) is 3.